The minimum absolute atomic E-state index is 0.0485. The Morgan fingerprint density at radius 3 is 2.41 bits per heavy atom. The van der Waals surface area contributed by atoms with Gasteiger partial charge in [0.1, 0.15) is 0 Å². The fourth-order valence-electron chi connectivity index (χ4n) is 3.85. The number of hydrogen-bond donors (Lipinski definition) is 0. The number of hydrogen-bond acceptors (Lipinski definition) is 4. The van der Waals surface area contributed by atoms with E-state index >= 15 is 0 Å². The number of piperidine rings is 1. The van der Waals surface area contributed by atoms with Gasteiger partial charge in [0.05, 0.1) is 11.6 Å². The zero-order valence-corrected chi connectivity index (χ0v) is 16.8. The van der Waals surface area contributed by atoms with Crippen molar-refractivity contribution in [1.29, 1.82) is 0 Å². The Hall–Kier alpha value is -2.18. The molecule has 2 fully saturated rings. The lowest BCUT2D eigenvalue weighted by atomic mass is 9.92. The first-order valence-electron chi connectivity index (χ1n) is 9.76. The van der Waals surface area contributed by atoms with Crippen LogP contribution in [0.15, 0.2) is 16.9 Å². The molecule has 1 aromatic rings. The van der Waals surface area contributed by atoms with Gasteiger partial charge >= 0.3 is 0 Å². The molecule has 1 aromatic heterocycles. The van der Waals surface area contributed by atoms with E-state index in [1.54, 1.807) is 28.8 Å². The van der Waals surface area contributed by atoms with Gasteiger partial charge in [-0.2, -0.15) is 5.10 Å². The summed E-state index contributed by atoms with van der Waals surface area (Å²) in [4.78, 5) is 40.0. The molecule has 2 aliphatic rings. The number of nitrogens with zero attached hydrogens (tertiary/aromatic N) is 4. The van der Waals surface area contributed by atoms with Gasteiger partial charge in [0, 0.05) is 51.1 Å². The van der Waals surface area contributed by atoms with Crippen LogP contribution in [0.5, 0.6) is 0 Å². The molecule has 148 valence electrons. The second-order valence-corrected chi connectivity index (χ2v) is 8.93. The maximum absolute atomic E-state index is 12.6. The molecule has 1 unspecified atom stereocenters. The van der Waals surface area contributed by atoms with E-state index in [4.69, 9.17) is 0 Å². The highest BCUT2D eigenvalue weighted by Gasteiger charge is 2.36. The SMILES string of the molecule is CN1CC(C(=O)N2CCC(Cn3nc(C(C)(C)C)ccc3=O)CC2)CC1=O. The normalized spacial score (nSPS) is 21.8. The topological polar surface area (TPSA) is 75.5 Å². The lowest BCUT2D eigenvalue weighted by molar-refractivity contribution is -0.137. The molecule has 0 radical (unpaired) electrons. The number of carbonyl (C=O) groups is 2. The Morgan fingerprint density at radius 1 is 1.19 bits per heavy atom. The first kappa shape index (κ1) is 19.6. The smallest absolute Gasteiger partial charge is 0.266 e. The molecular formula is C20H30N4O3. The molecule has 0 aliphatic carbocycles. The predicted molar refractivity (Wildman–Crippen MR) is 102 cm³/mol. The Balaban J connectivity index is 1.58. The summed E-state index contributed by atoms with van der Waals surface area (Å²) in [6.45, 7) is 8.74. The van der Waals surface area contributed by atoms with E-state index in [1.807, 2.05) is 4.90 Å². The van der Waals surface area contributed by atoms with Gasteiger partial charge in [-0.15, -0.1) is 0 Å². The molecule has 1 atom stereocenters. The Labute approximate surface area is 160 Å². The van der Waals surface area contributed by atoms with Gasteiger partial charge in [-0.1, -0.05) is 20.8 Å². The maximum Gasteiger partial charge on any atom is 0.266 e. The molecule has 0 spiro atoms. The number of rotatable bonds is 3. The number of amides is 2. The largest absolute Gasteiger partial charge is 0.345 e. The van der Waals surface area contributed by atoms with Crippen LogP contribution in [0, 0.1) is 11.8 Å². The summed E-state index contributed by atoms with van der Waals surface area (Å²) in [7, 11) is 1.75. The van der Waals surface area contributed by atoms with Crippen molar-refractivity contribution in [2.45, 2.75) is 52.0 Å². The zero-order valence-electron chi connectivity index (χ0n) is 16.8. The average Bonchev–Trinajstić information content (AvgIpc) is 2.95. The van der Waals surface area contributed by atoms with Gasteiger partial charge in [-0.05, 0) is 24.8 Å². The molecule has 0 saturated carbocycles. The molecule has 2 saturated heterocycles. The third kappa shape index (κ3) is 4.39. The standard InChI is InChI=1S/C20H30N4O3/c1-20(2,3)16-5-6-17(25)24(21-16)12-14-7-9-23(10-8-14)19(27)15-11-18(26)22(4)13-15/h5-6,14-15H,7-13H2,1-4H3. The summed E-state index contributed by atoms with van der Waals surface area (Å²) in [5.41, 5.74) is 0.732. The minimum Gasteiger partial charge on any atom is -0.345 e. The summed E-state index contributed by atoms with van der Waals surface area (Å²) in [6, 6.07) is 3.40. The molecule has 0 N–H and O–H groups in total. The highest BCUT2D eigenvalue weighted by Crippen LogP contribution is 2.24. The Morgan fingerprint density at radius 2 is 1.85 bits per heavy atom. The zero-order chi connectivity index (χ0) is 19.8. The van der Waals surface area contributed by atoms with Gasteiger partial charge in [-0.3, -0.25) is 14.4 Å². The van der Waals surface area contributed by atoms with Crippen molar-refractivity contribution in [3.63, 3.8) is 0 Å². The highest BCUT2D eigenvalue weighted by atomic mass is 16.2. The lowest BCUT2D eigenvalue weighted by Gasteiger charge is -2.33. The number of likely N-dealkylation sites (tertiary alicyclic amines) is 2. The summed E-state index contributed by atoms with van der Waals surface area (Å²) in [5.74, 6) is 0.276. The van der Waals surface area contributed by atoms with Crippen molar-refractivity contribution in [1.82, 2.24) is 19.6 Å². The van der Waals surface area contributed by atoms with Crippen LogP contribution in [0.3, 0.4) is 0 Å². The van der Waals surface area contributed by atoms with Crippen molar-refractivity contribution in [2.24, 2.45) is 11.8 Å². The summed E-state index contributed by atoms with van der Waals surface area (Å²) < 4.78 is 1.58. The molecular weight excluding hydrogens is 344 g/mol. The summed E-state index contributed by atoms with van der Waals surface area (Å²) in [5, 5.41) is 4.55. The van der Waals surface area contributed by atoms with Crippen LogP contribution in [0.2, 0.25) is 0 Å². The Bertz CT molecular complexity index is 772. The number of carbonyl (C=O) groups excluding carboxylic acids is 2. The summed E-state index contributed by atoms with van der Waals surface area (Å²) >= 11 is 0. The van der Waals surface area contributed by atoms with Crippen molar-refractivity contribution in [2.75, 3.05) is 26.7 Å². The van der Waals surface area contributed by atoms with E-state index in [-0.39, 0.29) is 28.7 Å². The van der Waals surface area contributed by atoms with Gasteiger partial charge in [0.15, 0.2) is 0 Å². The van der Waals surface area contributed by atoms with E-state index in [0.717, 1.165) is 18.5 Å². The van der Waals surface area contributed by atoms with Crippen molar-refractivity contribution < 1.29 is 9.59 Å². The summed E-state index contributed by atoms with van der Waals surface area (Å²) in [6.07, 6.45) is 2.04. The molecule has 0 aromatic carbocycles. The average molecular weight is 374 g/mol. The lowest BCUT2D eigenvalue weighted by Crippen LogP contribution is -2.43. The van der Waals surface area contributed by atoms with E-state index < -0.39 is 0 Å². The fourth-order valence-corrected chi connectivity index (χ4v) is 3.85. The third-order valence-electron chi connectivity index (χ3n) is 5.68. The van der Waals surface area contributed by atoms with E-state index in [2.05, 4.69) is 25.9 Å². The third-order valence-corrected chi connectivity index (χ3v) is 5.68. The molecule has 2 amide bonds. The Kier molecular flexibility index (Phi) is 5.40. The first-order chi connectivity index (χ1) is 12.6. The number of aromatic nitrogens is 2. The van der Waals surface area contributed by atoms with Gasteiger partial charge in [-0.25, -0.2) is 4.68 Å². The first-order valence-corrected chi connectivity index (χ1v) is 9.76. The van der Waals surface area contributed by atoms with E-state index in [1.165, 1.54) is 0 Å². The fraction of sp³-hybridized carbons (Fsp3) is 0.700. The van der Waals surface area contributed by atoms with Crippen LogP contribution in [0.1, 0.15) is 45.7 Å². The molecule has 27 heavy (non-hydrogen) atoms. The van der Waals surface area contributed by atoms with Crippen LogP contribution in [-0.2, 0) is 21.5 Å². The molecule has 7 nitrogen and oxygen atoms in total. The predicted octanol–water partition coefficient (Wildman–Crippen LogP) is 1.26. The van der Waals surface area contributed by atoms with Crippen LogP contribution >= 0.6 is 0 Å². The van der Waals surface area contributed by atoms with Crippen molar-refractivity contribution in [3.05, 3.63) is 28.2 Å². The molecule has 3 heterocycles. The second-order valence-electron chi connectivity index (χ2n) is 8.93. The van der Waals surface area contributed by atoms with Crippen molar-refractivity contribution in [3.8, 4) is 0 Å². The molecule has 3 rings (SSSR count). The molecule has 0 bridgehead atoms. The van der Waals surface area contributed by atoms with Crippen LogP contribution in [0.25, 0.3) is 0 Å². The quantitative estimate of drug-likeness (QED) is 0.798. The van der Waals surface area contributed by atoms with E-state index in [0.29, 0.717) is 38.5 Å². The minimum atomic E-state index is -0.202. The van der Waals surface area contributed by atoms with Crippen LogP contribution in [-0.4, -0.2) is 58.1 Å². The van der Waals surface area contributed by atoms with Gasteiger partial charge < -0.3 is 9.80 Å². The molecule has 2 aliphatic heterocycles. The van der Waals surface area contributed by atoms with Crippen LogP contribution in [0.4, 0.5) is 0 Å². The van der Waals surface area contributed by atoms with E-state index in [9.17, 15) is 14.4 Å². The monoisotopic (exact) mass is 374 g/mol. The maximum atomic E-state index is 12.6. The molecule has 7 heteroatoms. The highest BCUT2D eigenvalue weighted by molar-refractivity contribution is 5.89. The van der Waals surface area contributed by atoms with Crippen molar-refractivity contribution >= 4 is 11.8 Å². The van der Waals surface area contributed by atoms with Gasteiger partial charge in [0.2, 0.25) is 11.8 Å². The second kappa shape index (κ2) is 7.44. The van der Waals surface area contributed by atoms with Crippen LogP contribution < -0.4 is 5.56 Å². The van der Waals surface area contributed by atoms with Gasteiger partial charge in [0.25, 0.3) is 5.56 Å².